The molecule has 0 aromatic heterocycles. The van der Waals surface area contributed by atoms with E-state index >= 15 is 0 Å². The van der Waals surface area contributed by atoms with Crippen molar-refractivity contribution in [3.8, 4) is 0 Å². The summed E-state index contributed by atoms with van der Waals surface area (Å²) in [6, 6.07) is 0. The molecule has 0 saturated carbocycles. The first-order valence-electron chi connectivity index (χ1n) is 5.85. The van der Waals surface area contributed by atoms with Gasteiger partial charge in [-0.1, -0.05) is 6.92 Å². The van der Waals surface area contributed by atoms with Crippen LogP contribution >= 0.6 is 0 Å². The molecule has 0 bridgehead atoms. The Labute approximate surface area is 107 Å². The second-order valence-corrected chi connectivity index (χ2v) is 6.01. The molecule has 0 aliphatic carbocycles. The number of carbonyl (C=O) groups is 2. The number of rotatable bonds is 9. The summed E-state index contributed by atoms with van der Waals surface area (Å²) in [4.78, 5) is 22.4. The molecule has 8 heteroatoms. The number of carbonyl (C=O) groups excluding carboxylic acids is 2. The van der Waals surface area contributed by atoms with Gasteiger partial charge in [-0.25, -0.2) is 8.42 Å². The first-order chi connectivity index (χ1) is 8.41. The summed E-state index contributed by atoms with van der Waals surface area (Å²) < 4.78 is 23.0. The van der Waals surface area contributed by atoms with Gasteiger partial charge in [-0.15, -0.1) is 0 Å². The van der Waals surface area contributed by atoms with E-state index < -0.39 is 21.5 Å². The molecule has 0 atom stereocenters. The van der Waals surface area contributed by atoms with Crippen LogP contribution in [0.3, 0.4) is 0 Å². The number of nitrogens with one attached hydrogen (secondary N) is 2. The van der Waals surface area contributed by atoms with E-state index in [1.165, 1.54) is 0 Å². The minimum atomic E-state index is -3.54. The lowest BCUT2D eigenvalue weighted by Gasteiger charge is -2.06. The molecule has 0 aromatic carbocycles. The van der Waals surface area contributed by atoms with Crippen molar-refractivity contribution in [2.24, 2.45) is 5.73 Å². The van der Waals surface area contributed by atoms with Gasteiger partial charge in [-0.2, -0.15) is 0 Å². The molecule has 0 aromatic rings. The third kappa shape index (κ3) is 8.94. The Morgan fingerprint density at radius 2 is 1.72 bits per heavy atom. The van der Waals surface area contributed by atoms with Crippen LogP contribution in [-0.4, -0.2) is 51.4 Å². The zero-order chi connectivity index (χ0) is 14.0. The van der Waals surface area contributed by atoms with Gasteiger partial charge < -0.3 is 16.4 Å². The van der Waals surface area contributed by atoms with E-state index in [4.69, 9.17) is 5.73 Å². The molecule has 0 aliphatic rings. The highest BCUT2D eigenvalue weighted by atomic mass is 32.2. The normalized spacial score (nSPS) is 11.0. The van der Waals surface area contributed by atoms with Crippen molar-refractivity contribution < 1.29 is 18.0 Å². The van der Waals surface area contributed by atoms with Gasteiger partial charge in [0, 0.05) is 26.1 Å². The van der Waals surface area contributed by atoms with Gasteiger partial charge in [0.25, 0.3) is 0 Å². The first-order valence-corrected chi connectivity index (χ1v) is 7.67. The molecule has 0 saturated heterocycles. The summed E-state index contributed by atoms with van der Waals surface area (Å²) in [5, 5.41) is 4.94. The zero-order valence-electron chi connectivity index (χ0n) is 10.6. The third-order valence-electron chi connectivity index (χ3n) is 2.03. The SMILES string of the molecule is CCCNC(=O)CS(=O)(=O)CCC(=O)NCCN. The molecule has 0 aliphatic heterocycles. The van der Waals surface area contributed by atoms with E-state index in [0.29, 0.717) is 19.6 Å². The molecule has 0 heterocycles. The molecule has 106 valence electrons. The van der Waals surface area contributed by atoms with Crippen molar-refractivity contribution in [1.82, 2.24) is 10.6 Å². The smallest absolute Gasteiger partial charge is 0.235 e. The number of nitrogens with two attached hydrogens (primary N) is 1. The highest BCUT2D eigenvalue weighted by molar-refractivity contribution is 7.92. The van der Waals surface area contributed by atoms with E-state index in [1.807, 2.05) is 6.92 Å². The van der Waals surface area contributed by atoms with Gasteiger partial charge in [0.2, 0.25) is 11.8 Å². The predicted molar refractivity (Wildman–Crippen MR) is 68.6 cm³/mol. The Morgan fingerprint density at radius 3 is 2.28 bits per heavy atom. The fourth-order valence-corrected chi connectivity index (χ4v) is 2.28. The second kappa shape index (κ2) is 8.87. The molecular weight excluding hydrogens is 258 g/mol. The minimum Gasteiger partial charge on any atom is -0.355 e. The highest BCUT2D eigenvalue weighted by Crippen LogP contribution is 1.94. The van der Waals surface area contributed by atoms with Crippen LogP contribution in [0.5, 0.6) is 0 Å². The monoisotopic (exact) mass is 279 g/mol. The average Bonchev–Trinajstić information content (AvgIpc) is 2.30. The van der Waals surface area contributed by atoms with Gasteiger partial charge in [0.15, 0.2) is 9.84 Å². The van der Waals surface area contributed by atoms with E-state index in [-0.39, 0.29) is 18.1 Å². The summed E-state index contributed by atoms with van der Waals surface area (Å²) in [7, 11) is -3.54. The maximum absolute atomic E-state index is 11.5. The molecule has 0 radical (unpaired) electrons. The topological polar surface area (TPSA) is 118 Å². The Balaban J connectivity index is 4.00. The third-order valence-corrected chi connectivity index (χ3v) is 3.56. The highest BCUT2D eigenvalue weighted by Gasteiger charge is 2.17. The van der Waals surface area contributed by atoms with Gasteiger partial charge in [0.05, 0.1) is 5.75 Å². The second-order valence-electron chi connectivity index (χ2n) is 3.83. The Kier molecular flexibility index (Phi) is 8.30. The lowest BCUT2D eigenvalue weighted by Crippen LogP contribution is -2.34. The summed E-state index contributed by atoms with van der Waals surface area (Å²) in [5.41, 5.74) is 5.19. The van der Waals surface area contributed by atoms with Crippen molar-refractivity contribution in [1.29, 1.82) is 0 Å². The van der Waals surface area contributed by atoms with Crippen LogP contribution in [0.25, 0.3) is 0 Å². The lowest BCUT2D eigenvalue weighted by molar-refractivity contribution is -0.121. The van der Waals surface area contributed by atoms with Crippen molar-refractivity contribution in [3.63, 3.8) is 0 Å². The minimum absolute atomic E-state index is 0.149. The van der Waals surface area contributed by atoms with Gasteiger partial charge >= 0.3 is 0 Å². The van der Waals surface area contributed by atoms with Gasteiger partial charge in [0.1, 0.15) is 5.75 Å². The maximum Gasteiger partial charge on any atom is 0.235 e. The molecule has 2 amide bonds. The Morgan fingerprint density at radius 1 is 1.11 bits per heavy atom. The first kappa shape index (κ1) is 16.9. The number of hydrogen-bond donors (Lipinski definition) is 3. The number of amides is 2. The van der Waals surface area contributed by atoms with E-state index in [0.717, 1.165) is 6.42 Å². The fraction of sp³-hybridized carbons (Fsp3) is 0.800. The van der Waals surface area contributed by atoms with Crippen LogP contribution in [0.1, 0.15) is 19.8 Å². The molecular formula is C10H21N3O4S. The summed E-state index contributed by atoms with van der Waals surface area (Å²) in [6.07, 6.45) is 0.594. The maximum atomic E-state index is 11.5. The van der Waals surface area contributed by atoms with E-state index in [1.54, 1.807) is 0 Å². The van der Waals surface area contributed by atoms with Crippen molar-refractivity contribution in [3.05, 3.63) is 0 Å². The van der Waals surface area contributed by atoms with Crippen LogP contribution < -0.4 is 16.4 Å². The van der Waals surface area contributed by atoms with Gasteiger partial charge in [-0.3, -0.25) is 9.59 Å². The van der Waals surface area contributed by atoms with Crippen LogP contribution in [0.4, 0.5) is 0 Å². The number of sulfone groups is 1. The van der Waals surface area contributed by atoms with Crippen LogP contribution in [0, 0.1) is 0 Å². The zero-order valence-corrected chi connectivity index (χ0v) is 11.4. The van der Waals surface area contributed by atoms with Crippen LogP contribution in [-0.2, 0) is 19.4 Å². The molecule has 0 fully saturated rings. The summed E-state index contributed by atoms with van der Waals surface area (Å²) in [6.45, 7) is 2.94. The van der Waals surface area contributed by atoms with Crippen LogP contribution in [0.2, 0.25) is 0 Å². The van der Waals surface area contributed by atoms with Crippen LogP contribution in [0.15, 0.2) is 0 Å². The molecule has 0 unspecified atom stereocenters. The molecule has 7 nitrogen and oxygen atoms in total. The number of hydrogen-bond acceptors (Lipinski definition) is 5. The summed E-state index contributed by atoms with van der Waals surface area (Å²) >= 11 is 0. The lowest BCUT2D eigenvalue weighted by atomic mass is 10.4. The van der Waals surface area contributed by atoms with E-state index in [2.05, 4.69) is 10.6 Å². The predicted octanol–water partition coefficient (Wildman–Crippen LogP) is -1.61. The van der Waals surface area contributed by atoms with E-state index in [9.17, 15) is 18.0 Å². The molecule has 18 heavy (non-hydrogen) atoms. The Bertz CT molecular complexity index is 367. The largest absolute Gasteiger partial charge is 0.355 e. The van der Waals surface area contributed by atoms with Gasteiger partial charge in [-0.05, 0) is 6.42 Å². The molecule has 0 spiro atoms. The molecule has 4 N–H and O–H groups in total. The Hall–Kier alpha value is -1.15. The van der Waals surface area contributed by atoms with Crippen molar-refractivity contribution in [2.75, 3.05) is 31.1 Å². The van der Waals surface area contributed by atoms with Crippen molar-refractivity contribution >= 4 is 21.7 Å². The quantitative estimate of drug-likeness (QED) is 0.469. The average molecular weight is 279 g/mol. The molecule has 0 rings (SSSR count). The standard InChI is InChI=1S/C10H21N3O4S/c1-2-5-12-10(15)8-18(16,17)7-3-9(14)13-6-4-11/h2-8,11H2,1H3,(H,12,15)(H,13,14). The van der Waals surface area contributed by atoms with Crippen molar-refractivity contribution in [2.45, 2.75) is 19.8 Å². The summed E-state index contributed by atoms with van der Waals surface area (Å²) in [5.74, 6) is -1.81. The fourth-order valence-electron chi connectivity index (χ4n) is 1.14.